The number of halogens is 3. The molecule has 6 heteroatoms. The maximum absolute atomic E-state index is 6.13. The van der Waals surface area contributed by atoms with Crippen molar-refractivity contribution in [3.05, 3.63) is 69.0 Å². The van der Waals surface area contributed by atoms with E-state index in [-0.39, 0.29) is 0 Å². The first-order valence-corrected chi connectivity index (χ1v) is 7.48. The van der Waals surface area contributed by atoms with Crippen LogP contribution in [0.4, 0.5) is 0 Å². The monoisotopic (exact) mass is 350 g/mol. The summed E-state index contributed by atoms with van der Waals surface area (Å²) in [5.74, 6) is 0.765. The van der Waals surface area contributed by atoms with Crippen LogP contribution in [0.2, 0.25) is 15.1 Å². The molecule has 22 heavy (non-hydrogen) atoms. The fourth-order valence-electron chi connectivity index (χ4n) is 1.85. The van der Waals surface area contributed by atoms with Crippen LogP contribution >= 0.6 is 34.8 Å². The van der Waals surface area contributed by atoms with Gasteiger partial charge in [-0.3, -0.25) is 0 Å². The molecule has 0 radical (unpaired) electrons. The summed E-state index contributed by atoms with van der Waals surface area (Å²) in [6, 6.07) is 12.6. The van der Waals surface area contributed by atoms with E-state index in [2.05, 4.69) is 10.1 Å². The standard InChI is InChI=1S/C16H9Cl3N2O/c17-11-6-7-12(14(19)9-11)16-20-15(22-21-16)8-5-10-3-1-2-4-13(10)18/h1-9H/b8-5+. The van der Waals surface area contributed by atoms with E-state index >= 15 is 0 Å². The molecule has 3 rings (SSSR count). The lowest BCUT2D eigenvalue weighted by Crippen LogP contribution is -1.82. The van der Waals surface area contributed by atoms with Crippen LogP contribution < -0.4 is 0 Å². The summed E-state index contributed by atoms with van der Waals surface area (Å²) >= 11 is 18.1. The quantitative estimate of drug-likeness (QED) is 0.592. The first kappa shape index (κ1) is 15.1. The number of nitrogens with zero attached hydrogens (tertiary/aromatic N) is 2. The van der Waals surface area contributed by atoms with Gasteiger partial charge in [0, 0.05) is 21.7 Å². The van der Waals surface area contributed by atoms with Crippen molar-refractivity contribution in [2.24, 2.45) is 0 Å². The van der Waals surface area contributed by atoms with Crippen LogP contribution in [0.15, 0.2) is 47.0 Å². The highest BCUT2D eigenvalue weighted by atomic mass is 35.5. The summed E-state index contributed by atoms with van der Waals surface area (Å²) in [6.07, 6.45) is 3.50. The zero-order valence-corrected chi connectivity index (χ0v) is 13.4. The predicted octanol–water partition coefficient (Wildman–Crippen LogP) is 5.87. The van der Waals surface area contributed by atoms with Crippen molar-refractivity contribution < 1.29 is 4.52 Å². The number of benzene rings is 2. The first-order valence-electron chi connectivity index (χ1n) is 6.35. The van der Waals surface area contributed by atoms with Gasteiger partial charge >= 0.3 is 0 Å². The van der Waals surface area contributed by atoms with Crippen molar-refractivity contribution in [1.29, 1.82) is 0 Å². The molecule has 0 aliphatic heterocycles. The van der Waals surface area contributed by atoms with Gasteiger partial charge in [0.15, 0.2) is 0 Å². The number of hydrogen-bond donors (Lipinski definition) is 0. The molecule has 0 saturated carbocycles. The van der Waals surface area contributed by atoms with Gasteiger partial charge in [0.1, 0.15) is 0 Å². The SMILES string of the molecule is Clc1ccc(-c2noc(/C=C/c3ccccc3Cl)n2)c(Cl)c1. The zero-order valence-electron chi connectivity index (χ0n) is 11.1. The third-order valence-corrected chi connectivity index (χ3v) is 3.82. The smallest absolute Gasteiger partial charge is 0.250 e. The Morgan fingerprint density at radius 1 is 0.909 bits per heavy atom. The first-order chi connectivity index (χ1) is 10.6. The fourth-order valence-corrected chi connectivity index (χ4v) is 2.55. The number of rotatable bonds is 3. The molecule has 2 aromatic carbocycles. The molecule has 0 spiro atoms. The maximum atomic E-state index is 6.13. The molecule has 110 valence electrons. The van der Waals surface area contributed by atoms with E-state index in [1.54, 1.807) is 24.3 Å². The second-order valence-corrected chi connectivity index (χ2v) is 5.69. The fraction of sp³-hybridized carbons (Fsp3) is 0. The Morgan fingerprint density at radius 3 is 2.50 bits per heavy atom. The van der Waals surface area contributed by atoms with E-state index < -0.39 is 0 Å². The van der Waals surface area contributed by atoms with E-state index in [0.29, 0.717) is 32.3 Å². The van der Waals surface area contributed by atoms with Crippen molar-refractivity contribution in [2.75, 3.05) is 0 Å². The lowest BCUT2D eigenvalue weighted by atomic mass is 10.2. The molecule has 1 heterocycles. The molecule has 0 saturated heterocycles. The number of hydrogen-bond acceptors (Lipinski definition) is 3. The lowest BCUT2D eigenvalue weighted by Gasteiger charge is -1.98. The van der Waals surface area contributed by atoms with Gasteiger partial charge in [-0.25, -0.2) is 0 Å². The average Bonchev–Trinajstić information content (AvgIpc) is 2.95. The van der Waals surface area contributed by atoms with Crippen LogP contribution in [0.25, 0.3) is 23.5 Å². The summed E-state index contributed by atoms with van der Waals surface area (Å²) < 4.78 is 5.18. The van der Waals surface area contributed by atoms with E-state index in [1.807, 2.05) is 30.3 Å². The largest absolute Gasteiger partial charge is 0.334 e. The normalized spacial score (nSPS) is 11.2. The summed E-state index contributed by atoms with van der Waals surface area (Å²) in [4.78, 5) is 4.28. The lowest BCUT2D eigenvalue weighted by molar-refractivity contribution is 0.411. The van der Waals surface area contributed by atoms with E-state index in [1.165, 1.54) is 0 Å². The predicted molar refractivity (Wildman–Crippen MR) is 90.1 cm³/mol. The van der Waals surface area contributed by atoms with Crippen molar-refractivity contribution in [1.82, 2.24) is 10.1 Å². The molecule has 0 amide bonds. The molecule has 0 N–H and O–H groups in total. The topological polar surface area (TPSA) is 38.9 Å². The van der Waals surface area contributed by atoms with Crippen LogP contribution in [-0.2, 0) is 0 Å². The number of aromatic nitrogens is 2. The van der Waals surface area contributed by atoms with E-state index in [0.717, 1.165) is 5.56 Å². The Hall–Kier alpha value is -1.81. The Labute approximate surface area is 142 Å². The molecule has 0 aliphatic rings. The second-order valence-electron chi connectivity index (χ2n) is 4.44. The van der Waals surface area contributed by atoms with Gasteiger partial charge in [-0.1, -0.05) is 58.2 Å². The van der Waals surface area contributed by atoms with Crippen LogP contribution in [0.1, 0.15) is 11.5 Å². The third kappa shape index (κ3) is 3.33. The highest BCUT2D eigenvalue weighted by Crippen LogP contribution is 2.28. The molecule has 0 atom stereocenters. The van der Waals surface area contributed by atoms with Crippen LogP contribution in [0, 0.1) is 0 Å². The van der Waals surface area contributed by atoms with Gasteiger partial charge in [-0.2, -0.15) is 4.98 Å². The van der Waals surface area contributed by atoms with Gasteiger partial charge in [0.25, 0.3) is 5.89 Å². The van der Waals surface area contributed by atoms with E-state index in [9.17, 15) is 0 Å². The van der Waals surface area contributed by atoms with Gasteiger partial charge < -0.3 is 4.52 Å². The summed E-state index contributed by atoms with van der Waals surface area (Å²) in [7, 11) is 0. The summed E-state index contributed by atoms with van der Waals surface area (Å²) in [6.45, 7) is 0. The van der Waals surface area contributed by atoms with Crippen LogP contribution in [0.3, 0.4) is 0 Å². The Balaban J connectivity index is 1.86. The molecule has 3 nitrogen and oxygen atoms in total. The molecule has 1 aromatic heterocycles. The van der Waals surface area contributed by atoms with E-state index in [4.69, 9.17) is 39.3 Å². The Morgan fingerprint density at radius 2 is 1.73 bits per heavy atom. The molecule has 0 bridgehead atoms. The summed E-state index contributed by atoms with van der Waals surface area (Å²) in [5.41, 5.74) is 1.53. The Bertz CT molecular complexity index is 843. The molecule has 3 aromatic rings. The average molecular weight is 352 g/mol. The minimum absolute atomic E-state index is 0.362. The molecule has 0 aliphatic carbocycles. The van der Waals surface area contributed by atoms with Crippen molar-refractivity contribution >= 4 is 47.0 Å². The minimum atomic E-state index is 0.362. The minimum Gasteiger partial charge on any atom is -0.334 e. The zero-order chi connectivity index (χ0) is 15.5. The highest BCUT2D eigenvalue weighted by Gasteiger charge is 2.10. The van der Waals surface area contributed by atoms with Gasteiger partial charge in [-0.05, 0) is 35.9 Å². The second kappa shape index (κ2) is 6.53. The van der Waals surface area contributed by atoms with Crippen LogP contribution in [0.5, 0.6) is 0 Å². The highest BCUT2D eigenvalue weighted by molar-refractivity contribution is 6.36. The van der Waals surface area contributed by atoms with Gasteiger partial charge in [0.05, 0.1) is 5.02 Å². The van der Waals surface area contributed by atoms with Crippen molar-refractivity contribution in [2.45, 2.75) is 0 Å². The molecule has 0 unspecified atom stereocenters. The van der Waals surface area contributed by atoms with Crippen molar-refractivity contribution in [3.63, 3.8) is 0 Å². The molecule has 0 fully saturated rings. The van der Waals surface area contributed by atoms with Gasteiger partial charge in [-0.15, -0.1) is 0 Å². The third-order valence-electron chi connectivity index (χ3n) is 2.92. The van der Waals surface area contributed by atoms with Crippen LogP contribution in [-0.4, -0.2) is 10.1 Å². The molecular formula is C16H9Cl3N2O. The molecular weight excluding hydrogens is 343 g/mol. The van der Waals surface area contributed by atoms with Crippen molar-refractivity contribution in [3.8, 4) is 11.4 Å². The maximum Gasteiger partial charge on any atom is 0.250 e. The Kier molecular flexibility index (Phi) is 4.48. The summed E-state index contributed by atoms with van der Waals surface area (Å²) in [5, 5.41) is 5.59. The van der Waals surface area contributed by atoms with Gasteiger partial charge in [0.2, 0.25) is 5.82 Å².